The predicted molar refractivity (Wildman–Crippen MR) is 87.7 cm³/mol. The average molecular weight is 376 g/mol. The number of ether oxygens (including phenoxy) is 2. The Balaban J connectivity index is 2.22. The van der Waals surface area contributed by atoms with Crippen LogP contribution in [0.2, 0.25) is 0 Å². The molecule has 0 atom stereocenters. The summed E-state index contributed by atoms with van der Waals surface area (Å²) in [5.74, 6) is 0.156. The molecule has 1 aromatic rings. The summed E-state index contributed by atoms with van der Waals surface area (Å²) in [5, 5.41) is 0. The highest BCUT2D eigenvalue weighted by molar-refractivity contribution is 9.10. The summed E-state index contributed by atoms with van der Waals surface area (Å²) in [6.45, 7) is 6.58. The number of hydrogen-bond acceptors (Lipinski definition) is 3. The monoisotopic (exact) mass is 375 g/mol. The molecule has 1 rings (SSSR count). The topological polar surface area (TPSA) is 38.8 Å². The van der Waals surface area contributed by atoms with E-state index < -0.39 is 5.60 Å². The number of carbonyl (C=O) groups excluding carboxylic acids is 1. The zero-order valence-electron chi connectivity index (χ0n) is 13.5. The standard InChI is InChI=1S/C16H23BrFNO3/c1-16(2,3)22-15(20)19(4)9-5-6-10-21-12-7-8-13(17)14(18)11-12/h7-8,11H,5-6,9-10H2,1-4H3. The van der Waals surface area contributed by atoms with Gasteiger partial charge in [-0.2, -0.15) is 0 Å². The fourth-order valence-corrected chi connectivity index (χ4v) is 1.89. The molecule has 1 amide bonds. The number of rotatable bonds is 6. The van der Waals surface area contributed by atoms with Gasteiger partial charge in [0.2, 0.25) is 0 Å². The quantitative estimate of drug-likeness (QED) is 0.681. The van der Waals surface area contributed by atoms with Crippen LogP contribution in [0.3, 0.4) is 0 Å². The Labute approximate surface area is 139 Å². The van der Waals surface area contributed by atoms with E-state index in [1.165, 1.54) is 6.07 Å². The van der Waals surface area contributed by atoms with Gasteiger partial charge in [0.25, 0.3) is 0 Å². The highest BCUT2D eigenvalue weighted by atomic mass is 79.9. The number of halogens is 2. The summed E-state index contributed by atoms with van der Waals surface area (Å²) >= 11 is 3.09. The number of carbonyl (C=O) groups is 1. The number of hydrogen-bond donors (Lipinski definition) is 0. The Morgan fingerprint density at radius 3 is 2.59 bits per heavy atom. The molecule has 0 N–H and O–H groups in total. The fourth-order valence-electron chi connectivity index (χ4n) is 1.64. The van der Waals surface area contributed by atoms with Crippen LogP contribution in [-0.4, -0.2) is 36.8 Å². The molecule has 6 heteroatoms. The summed E-state index contributed by atoms with van der Waals surface area (Å²) in [4.78, 5) is 13.3. The molecule has 0 spiro atoms. The molecule has 124 valence electrons. The highest BCUT2D eigenvalue weighted by Crippen LogP contribution is 2.21. The lowest BCUT2D eigenvalue weighted by molar-refractivity contribution is 0.0294. The van der Waals surface area contributed by atoms with Gasteiger partial charge in [-0.3, -0.25) is 0 Å². The van der Waals surface area contributed by atoms with Crippen LogP contribution in [0.1, 0.15) is 33.6 Å². The van der Waals surface area contributed by atoms with E-state index in [1.54, 1.807) is 24.1 Å². The van der Waals surface area contributed by atoms with Crippen molar-refractivity contribution in [3.8, 4) is 5.75 Å². The Kier molecular flexibility index (Phi) is 7.13. The van der Waals surface area contributed by atoms with Gasteiger partial charge >= 0.3 is 6.09 Å². The minimum absolute atomic E-state index is 0.330. The van der Waals surface area contributed by atoms with E-state index in [9.17, 15) is 9.18 Å². The van der Waals surface area contributed by atoms with Crippen molar-refractivity contribution in [2.75, 3.05) is 20.2 Å². The zero-order chi connectivity index (χ0) is 16.8. The first-order valence-electron chi connectivity index (χ1n) is 7.21. The van der Waals surface area contributed by atoms with Gasteiger partial charge in [0.15, 0.2) is 0 Å². The van der Waals surface area contributed by atoms with Crippen LogP contribution >= 0.6 is 15.9 Å². The van der Waals surface area contributed by atoms with E-state index in [-0.39, 0.29) is 11.9 Å². The lowest BCUT2D eigenvalue weighted by Gasteiger charge is -2.24. The van der Waals surface area contributed by atoms with Crippen LogP contribution in [0.25, 0.3) is 0 Å². The third-order valence-corrected chi connectivity index (χ3v) is 3.40. The molecule has 0 aliphatic rings. The molecule has 0 bridgehead atoms. The van der Waals surface area contributed by atoms with E-state index in [0.29, 0.717) is 23.4 Å². The fraction of sp³-hybridized carbons (Fsp3) is 0.562. The molecule has 0 fully saturated rings. The smallest absolute Gasteiger partial charge is 0.410 e. The minimum atomic E-state index is -0.486. The average Bonchev–Trinajstić information content (AvgIpc) is 2.40. The van der Waals surface area contributed by atoms with Gasteiger partial charge in [-0.15, -0.1) is 0 Å². The Hall–Kier alpha value is -1.30. The summed E-state index contributed by atoms with van der Waals surface area (Å²) < 4.78 is 24.4. The second-order valence-corrected chi connectivity index (χ2v) is 6.89. The van der Waals surface area contributed by atoms with Crippen molar-refractivity contribution in [3.63, 3.8) is 0 Å². The number of benzene rings is 1. The van der Waals surface area contributed by atoms with Crippen LogP contribution in [0.4, 0.5) is 9.18 Å². The SMILES string of the molecule is CN(CCCCOc1ccc(Br)c(F)c1)C(=O)OC(C)(C)C. The largest absolute Gasteiger partial charge is 0.493 e. The highest BCUT2D eigenvalue weighted by Gasteiger charge is 2.18. The van der Waals surface area contributed by atoms with Crippen molar-refractivity contribution < 1.29 is 18.7 Å². The van der Waals surface area contributed by atoms with Crippen molar-refractivity contribution in [3.05, 3.63) is 28.5 Å². The summed E-state index contributed by atoms with van der Waals surface area (Å²) in [7, 11) is 1.71. The van der Waals surface area contributed by atoms with E-state index >= 15 is 0 Å². The summed E-state index contributed by atoms with van der Waals surface area (Å²) in [5.41, 5.74) is -0.486. The third-order valence-electron chi connectivity index (χ3n) is 2.75. The molecule has 0 heterocycles. The molecule has 0 aliphatic heterocycles. The normalized spacial score (nSPS) is 11.2. The van der Waals surface area contributed by atoms with E-state index in [1.807, 2.05) is 20.8 Å². The molecule has 22 heavy (non-hydrogen) atoms. The van der Waals surface area contributed by atoms with E-state index in [2.05, 4.69) is 15.9 Å². The zero-order valence-corrected chi connectivity index (χ0v) is 15.1. The van der Waals surface area contributed by atoms with Crippen LogP contribution in [0.5, 0.6) is 5.75 Å². The lowest BCUT2D eigenvalue weighted by atomic mass is 10.2. The van der Waals surface area contributed by atoms with Crippen LogP contribution < -0.4 is 4.74 Å². The minimum Gasteiger partial charge on any atom is -0.493 e. The lowest BCUT2D eigenvalue weighted by Crippen LogP contribution is -2.34. The molecule has 0 aromatic heterocycles. The maximum atomic E-state index is 13.3. The summed E-state index contributed by atoms with van der Waals surface area (Å²) in [6.07, 6.45) is 1.22. The molecule has 1 aromatic carbocycles. The maximum Gasteiger partial charge on any atom is 0.410 e. The van der Waals surface area contributed by atoms with Crippen molar-refractivity contribution >= 4 is 22.0 Å². The molecular formula is C16H23BrFNO3. The van der Waals surface area contributed by atoms with Gasteiger partial charge in [0.05, 0.1) is 11.1 Å². The van der Waals surface area contributed by atoms with Crippen molar-refractivity contribution in [1.29, 1.82) is 0 Å². The van der Waals surface area contributed by atoms with Gasteiger partial charge < -0.3 is 14.4 Å². The molecule has 4 nitrogen and oxygen atoms in total. The third kappa shape index (κ3) is 7.11. The first-order chi connectivity index (χ1) is 10.2. The van der Waals surface area contributed by atoms with E-state index in [0.717, 1.165) is 12.8 Å². The van der Waals surface area contributed by atoms with Crippen LogP contribution in [0, 0.1) is 5.82 Å². The first-order valence-corrected chi connectivity index (χ1v) is 8.00. The molecular weight excluding hydrogens is 353 g/mol. The Bertz CT molecular complexity index is 503. The summed E-state index contributed by atoms with van der Waals surface area (Å²) in [6, 6.07) is 4.66. The Morgan fingerprint density at radius 1 is 1.32 bits per heavy atom. The van der Waals surface area contributed by atoms with Crippen molar-refractivity contribution in [1.82, 2.24) is 4.90 Å². The van der Waals surface area contributed by atoms with Crippen molar-refractivity contribution in [2.24, 2.45) is 0 Å². The van der Waals surface area contributed by atoms with Gasteiger partial charge in [0, 0.05) is 19.7 Å². The molecule has 0 aliphatic carbocycles. The Morgan fingerprint density at radius 2 is 2.00 bits per heavy atom. The predicted octanol–water partition coefficient (Wildman–Crippen LogP) is 4.61. The first kappa shape index (κ1) is 18.7. The van der Waals surface area contributed by atoms with Crippen molar-refractivity contribution in [2.45, 2.75) is 39.2 Å². The van der Waals surface area contributed by atoms with Gasteiger partial charge in [-0.05, 0) is 61.7 Å². The van der Waals surface area contributed by atoms with Crippen LogP contribution in [0.15, 0.2) is 22.7 Å². The maximum absolute atomic E-state index is 13.3. The van der Waals surface area contributed by atoms with Crippen LogP contribution in [-0.2, 0) is 4.74 Å². The van der Waals surface area contributed by atoms with Gasteiger partial charge in [-0.1, -0.05) is 0 Å². The number of nitrogens with zero attached hydrogens (tertiary/aromatic N) is 1. The van der Waals surface area contributed by atoms with Gasteiger partial charge in [-0.25, -0.2) is 9.18 Å². The molecule has 0 radical (unpaired) electrons. The second-order valence-electron chi connectivity index (χ2n) is 6.03. The van der Waals surface area contributed by atoms with E-state index in [4.69, 9.17) is 9.47 Å². The molecule has 0 saturated heterocycles. The number of unbranched alkanes of at least 4 members (excludes halogenated alkanes) is 1. The molecule has 0 unspecified atom stereocenters. The van der Waals surface area contributed by atoms with Gasteiger partial charge in [0.1, 0.15) is 17.2 Å². The second kappa shape index (κ2) is 8.36. The molecule has 0 saturated carbocycles. The number of amides is 1.